The van der Waals surface area contributed by atoms with E-state index in [0.717, 1.165) is 43.1 Å². The number of benzene rings is 13. The summed E-state index contributed by atoms with van der Waals surface area (Å²) < 4.78 is 0. The summed E-state index contributed by atoms with van der Waals surface area (Å²) in [5.74, 6) is 2.68. The van der Waals surface area contributed by atoms with Crippen LogP contribution in [0.4, 0.5) is 0 Å². The molecule has 0 aromatic heterocycles. The van der Waals surface area contributed by atoms with E-state index in [0.29, 0.717) is 38.8 Å². The molecule has 0 spiro atoms. The molecule has 0 saturated heterocycles. The van der Waals surface area contributed by atoms with Gasteiger partial charge in [-0.1, -0.05) is 379 Å². The Balaban J connectivity index is -0.000000124. The fraction of sp³-hybridized carbons (Fsp3) is 0.327. The van der Waals surface area contributed by atoms with E-state index in [4.69, 9.17) is 25.5 Å². The first-order valence-electron chi connectivity index (χ1n) is 39.9. The van der Waals surface area contributed by atoms with Gasteiger partial charge in [-0.15, -0.1) is 0 Å². The largest absolute Gasteiger partial charge is 0.508 e. The Labute approximate surface area is 662 Å². The predicted octanol–water partition coefficient (Wildman–Crippen LogP) is 31.9. The first-order valence-corrected chi connectivity index (χ1v) is 39.9. The molecule has 0 amide bonds. The van der Waals surface area contributed by atoms with E-state index < -0.39 is 0 Å². The van der Waals surface area contributed by atoms with Crippen LogP contribution in [0.3, 0.4) is 0 Å². The molecule has 11 heteroatoms. The molecule has 0 radical (unpaired) electrons. The van der Waals surface area contributed by atoms with Crippen LogP contribution in [0.2, 0.25) is 0 Å². The van der Waals surface area contributed by atoms with Gasteiger partial charge in [0.05, 0.1) is 0 Å². The van der Waals surface area contributed by atoms with Crippen LogP contribution in [0, 0.1) is 0 Å². The molecule has 109 heavy (non-hydrogen) atoms. The van der Waals surface area contributed by atoms with E-state index in [9.17, 15) is 30.6 Å². The summed E-state index contributed by atoms with van der Waals surface area (Å²) >= 11 is 0. The molecule has 608 valence electrons. The normalized spacial score (nSPS) is 8.04. The molecule has 0 aliphatic rings. The van der Waals surface area contributed by atoms with Crippen LogP contribution in [0.25, 0.3) is 64.6 Å². The molecule has 13 aromatic carbocycles. The van der Waals surface area contributed by atoms with E-state index in [1.165, 1.54) is 12.1 Å². The average Bonchev–Trinajstić information content (AvgIpc) is 0.845. The number of hydrogen-bond acceptors (Lipinski definition) is 11. The molecule has 13 aromatic rings. The lowest BCUT2D eigenvalue weighted by atomic mass is 10.1. The van der Waals surface area contributed by atoms with E-state index in [1.54, 1.807) is 146 Å². The van der Waals surface area contributed by atoms with Gasteiger partial charge in [0.25, 0.3) is 0 Å². The fourth-order valence-corrected chi connectivity index (χ4v) is 7.83. The van der Waals surface area contributed by atoms with Gasteiger partial charge in [0.1, 0.15) is 63.2 Å². The molecule has 13 rings (SSSR count). The molecule has 0 aliphatic carbocycles. The minimum Gasteiger partial charge on any atom is -0.508 e. The maximum absolute atomic E-state index is 9.38. The van der Waals surface area contributed by atoms with Gasteiger partial charge < -0.3 is 56.2 Å². The Morgan fingerprint density at radius 1 is 0.119 bits per heavy atom. The Morgan fingerprint density at radius 3 is 0.642 bits per heavy atom. The third-order valence-corrected chi connectivity index (χ3v) is 11.7. The molecule has 0 aliphatic heterocycles. The lowest BCUT2D eigenvalue weighted by Gasteiger charge is -2.01. The summed E-state index contributed by atoms with van der Waals surface area (Å²) in [4.78, 5) is 0. The van der Waals surface area contributed by atoms with Crippen LogP contribution >= 0.6 is 0 Å². The maximum atomic E-state index is 9.38. The highest BCUT2D eigenvalue weighted by Crippen LogP contribution is 2.33. The standard InChI is InChI=1S/4C10H8O2.2C10H8O.C6H6O.16C2H6/c11-9-3-1-7-2-4-10(12)6-8(7)5-9;11-9-5-1-3-7-8(9)4-2-6-10(7)12;11-8-4-5-9-7(6-8)2-1-3-10(9)12;11-9-5-6-10(12)8-4-2-1-3-7(8)9;11-10-7-3-5-8-4-1-2-6-9(8)10;11-10-6-5-8-3-1-2-4-9(8)7-10;7-6-4-2-1-3-5-6;16*1-2/h4*1-6,11-12H;2*1-7,11H;1-5,7H;16*1-2H3. The van der Waals surface area contributed by atoms with Gasteiger partial charge in [0, 0.05) is 32.3 Å². The summed E-state index contributed by atoms with van der Waals surface area (Å²) in [6.07, 6.45) is 0. The van der Waals surface area contributed by atoms with E-state index >= 15 is 0 Å². The zero-order chi connectivity index (χ0) is 86.7. The third-order valence-electron chi connectivity index (χ3n) is 11.7. The van der Waals surface area contributed by atoms with Crippen LogP contribution in [-0.2, 0) is 0 Å². The SMILES string of the molecule is CC.CC.CC.CC.CC.CC.CC.CC.CC.CC.CC.CC.CC.CC.CC.CC.Oc1ccc(O)c2ccccc12.Oc1ccc2c(O)cccc2c1.Oc1ccc2ccc(O)cc2c1.Oc1ccc2ccccc2c1.Oc1cccc2c(O)cccc12.Oc1cccc2ccccc12.Oc1ccccc1. The second-order valence-electron chi connectivity index (χ2n) is 17.1. The zero-order valence-corrected chi connectivity index (χ0v) is 73.2. The van der Waals surface area contributed by atoms with Gasteiger partial charge >= 0.3 is 0 Å². The van der Waals surface area contributed by atoms with Crippen LogP contribution < -0.4 is 0 Å². The minimum atomic E-state index is 0.198. The summed E-state index contributed by atoms with van der Waals surface area (Å²) in [5, 5.41) is 112. The van der Waals surface area contributed by atoms with Crippen LogP contribution in [0.5, 0.6) is 63.2 Å². The summed E-state index contributed by atoms with van der Waals surface area (Å²) in [6, 6.07) is 75.8. The molecule has 0 bridgehead atoms. The van der Waals surface area contributed by atoms with Crippen molar-refractivity contribution < 1.29 is 56.2 Å². The average molecular weight is 1500 g/mol. The van der Waals surface area contributed by atoms with E-state index in [2.05, 4.69) is 0 Å². The Hall–Kier alpha value is -10.8. The van der Waals surface area contributed by atoms with Crippen molar-refractivity contribution in [2.75, 3.05) is 0 Å². The first-order chi connectivity index (χ1) is 53.2. The predicted molar refractivity (Wildman–Crippen MR) is 490 cm³/mol. The van der Waals surface area contributed by atoms with Crippen molar-refractivity contribution in [3.05, 3.63) is 261 Å². The number of para-hydroxylation sites is 1. The van der Waals surface area contributed by atoms with Gasteiger partial charge in [0.2, 0.25) is 0 Å². The molecule has 0 heterocycles. The minimum absolute atomic E-state index is 0.198. The van der Waals surface area contributed by atoms with Crippen molar-refractivity contribution in [3.8, 4) is 63.2 Å². The van der Waals surface area contributed by atoms with Gasteiger partial charge in [-0.25, -0.2) is 0 Å². The molecular formula is C98H150O11. The van der Waals surface area contributed by atoms with E-state index in [-0.39, 0.29) is 46.0 Å². The lowest BCUT2D eigenvalue weighted by Crippen LogP contribution is -1.73. The van der Waals surface area contributed by atoms with Gasteiger partial charge in [0.15, 0.2) is 0 Å². The van der Waals surface area contributed by atoms with Crippen molar-refractivity contribution in [3.63, 3.8) is 0 Å². The summed E-state index contributed by atoms with van der Waals surface area (Å²) in [5.41, 5.74) is 0. The highest BCUT2D eigenvalue weighted by Gasteiger charge is 2.04. The second kappa shape index (κ2) is 87.9. The van der Waals surface area contributed by atoms with Crippen LogP contribution in [-0.4, -0.2) is 56.2 Å². The van der Waals surface area contributed by atoms with Crippen molar-refractivity contribution in [2.24, 2.45) is 0 Å². The van der Waals surface area contributed by atoms with Gasteiger partial charge in [-0.3, -0.25) is 0 Å². The summed E-state index contributed by atoms with van der Waals surface area (Å²) in [6.45, 7) is 64.0. The second-order valence-corrected chi connectivity index (χ2v) is 17.1. The molecule has 11 nitrogen and oxygen atoms in total. The molecular weight excluding hydrogens is 1350 g/mol. The first kappa shape index (κ1) is 119. The highest BCUT2D eigenvalue weighted by molar-refractivity contribution is 5.94. The van der Waals surface area contributed by atoms with Gasteiger partial charge in [-0.2, -0.15) is 0 Å². The maximum Gasteiger partial charge on any atom is 0.123 e. The molecule has 0 unspecified atom stereocenters. The number of phenolic OH excluding ortho intramolecular Hbond substituents is 11. The van der Waals surface area contributed by atoms with Crippen molar-refractivity contribution in [1.82, 2.24) is 0 Å². The van der Waals surface area contributed by atoms with Crippen molar-refractivity contribution in [2.45, 2.75) is 222 Å². The van der Waals surface area contributed by atoms with Gasteiger partial charge in [-0.05, 0) is 135 Å². The van der Waals surface area contributed by atoms with Crippen molar-refractivity contribution >= 4 is 64.6 Å². The monoisotopic (exact) mass is 1500 g/mol. The smallest absolute Gasteiger partial charge is 0.123 e. The number of phenols is 11. The molecule has 0 atom stereocenters. The number of rotatable bonds is 0. The molecule has 11 N–H and O–H groups in total. The van der Waals surface area contributed by atoms with Crippen molar-refractivity contribution in [1.29, 1.82) is 0 Å². The quantitative estimate of drug-likeness (QED) is 0.0641. The highest BCUT2D eigenvalue weighted by atomic mass is 16.3. The Bertz CT molecular complexity index is 3860. The topological polar surface area (TPSA) is 223 Å². The lowest BCUT2D eigenvalue weighted by molar-refractivity contribution is 0.469. The fourth-order valence-electron chi connectivity index (χ4n) is 7.83. The Morgan fingerprint density at radius 2 is 0.321 bits per heavy atom. The molecule has 0 fully saturated rings. The Kier molecular flexibility index (Phi) is 96.1. The van der Waals surface area contributed by atoms with Crippen LogP contribution in [0.1, 0.15) is 222 Å². The van der Waals surface area contributed by atoms with Crippen LogP contribution in [0.15, 0.2) is 261 Å². The third kappa shape index (κ3) is 51.2. The number of fused-ring (bicyclic) bond motifs is 6. The number of hydrogen-bond donors (Lipinski definition) is 11. The van der Waals surface area contributed by atoms with E-state index in [1.807, 2.05) is 325 Å². The number of aromatic hydroxyl groups is 11. The summed E-state index contributed by atoms with van der Waals surface area (Å²) in [7, 11) is 0. The molecule has 0 saturated carbocycles. The zero-order valence-electron chi connectivity index (χ0n) is 73.2.